The van der Waals surface area contributed by atoms with E-state index in [2.05, 4.69) is 0 Å². The summed E-state index contributed by atoms with van der Waals surface area (Å²) in [5.74, 6) is -0.494. The molecule has 1 aromatic carbocycles. The number of ether oxygens (including phenoxy) is 1. The minimum Gasteiger partial charge on any atom is -0.466 e. The van der Waals surface area contributed by atoms with E-state index in [0.29, 0.717) is 6.92 Å². The molecule has 0 aliphatic rings. The predicted molar refractivity (Wildman–Crippen MR) is 83.7 cm³/mol. The Bertz CT molecular complexity index is 563. The lowest BCUT2D eigenvalue weighted by atomic mass is 9.92. The number of benzene rings is 1. The van der Waals surface area contributed by atoms with Crippen LogP contribution in [0, 0.1) is 0 Å². The molecule has 0 saturated heterocycles. The SMILES string of the molecule is CCOC(=O)CCc1cc([C@](C)(O)C(F)(F)F)cc(Cl)c1N.Cl. The van der Waals surface area contributed by atoms with Gasteiger partial charge in [0.05, 0.1) is 17.3 Å². The summed E-state index contributed by atoms with van der Waals surface area (Å²) >= 11 is 5.83. The summed E-state index contributed by atoms with van der Waals surface area (Å²) in [6.45, 7) is 2.48. The second kappa shape index (κ2) is 8.08. The number of esters is 1. The third-order valence-electron chi connectivity index (χ3n) is 3.23. The summed E-state index contributed by atoms with van der Waals surface area (Å²) in [6.07, 6.45) is -4.86. The second-order valence-electron chi connectivity index (χ2n) is 4.91. The molecule has 0 saturated carbocycles. The van der Waals surface area contributed by atoms with Crippen LogP contribution in [-0.4, -0.2) is 23.9 Å². The zero-order valence-electron chi connectivity index (χ0n) is 12.5. The van der Waals surface area contributed by atoms with Crippen LogP contribution < -0.4 is 5.73 Å². The molecular formula is C14H18Cl2F3NO3. The van der Waals surface area contributed by atoms with E-state index in [4.69, 9.17) is 22.1 Å². The zero-order chi connectivity index (χ0) is 17.1. The fourth-order valence-corrected chi connectivity index (χ4v) is 2.04. The van der Waals surface area contributed by atoms with Crippen molar-refractivity contribution in [1.29, 1.82) is 0 Å². The van der Waals surface area contributed by atoms with Gasteiger partial charge < -0.3 is 15.6 Å². The molecule has 0 unspecified atom stereocenters. The highest BCUT2D eigenvalue weighted by atomic mass is 35.5. The highest BCUT2D eigenvalue weighted by molar-refractivity contribution is 6.33. The van der Waals surface area contributed by atoms with Crippen LogP contribution >= 0.6 is 24.0 Å². The van der Waals surface area contributed by atoms with Crippen molar-refractivity contribution in [3.05, 3.63) is 28.3 Å². The zero-order valence-corrected chi connectivity index (χ0v) is 14.1. The Balaban J connectivity index is 0.00000484. The quantitative estimate of drug-likeness (QED) is 0.608. The molecule has 0 bridgehead atoms. The van der Waals surface area contributed by atoms with Gasteiger partial charge in [-0.25, -0.2) is 0 Å². The Morgan fingerprint density at radius 2 is 1.96 bits per heavy atom. The van der Waals surface area contributed by atoms with E-state index in [0.717, 1.165) is 12.1 Å². The van der Waals surface area contributed by atoms with Crippen molar-refractivity contribution in [2.45, 2.75) is 38.5 Å². The number of nitrogen functional groups attached to an aromatic ring is 1. The third kappa shape index (κ3) is 5.16. The van der Waals surface area contributed by atoms with E-state index in [9.17, 15) is 23.1 Å². The molecular weight excluding hydrogens is 358 g/mol. The molecule has 0 spiro atoms. The van der Waals surface area contributed by atoms with Crippen molar-refractivity contribution in [2.75, 3.05) is 12.3 Å². The summed E-state index contributed by atoms with van der Waals surface area (Å²) in [4.78, 5) is 11.3. The minimum atomic E-state index is -4.87. The van der Waals surface area contributed by atoms with Crippen molar-refractivity contribution in [2.24, 2.45) is 0 Å². The summed E-state index contributed by atoms with van der Waals surface area (Å²) in [5, 5.41) is 9.60. The minimum absolute atomic E-state index is 0. The smallest absolute Gasteiger partial charge is 0.421 e. The first-order chi connectivity index (χ1) is 10.0. The van der Waals surface area contributed by atoms with Gasteiger partial charge in [-0.2, -0.15) is 13.2 Å². The molecule has 9 heteroatoms. The number of aryl methyl sites for hydroxylation is 1. The van der Waals surface area contributed by atoms with Crippen LogP contribution in [0.25, 0.3) is 0 Å². The van der Waals surface area contributed by atoms with Gasteiger partial charge in [0.15, 0.2) is 5.60 Å². The molecule has 0 aromatic heterocycles. The molecule has 1 rings (SSSR count). The molecule has 0 fully saturated rings. The molecule has 132 valence electrons. The summed E-state index contributed by atoms with van der Waals surface area (Å²) in [7, 11) is 0. The lowest BCUT2D eigenvalue weighted by molar-refractivity contribution is -0.258. The average Bonchev–Trinajstić information content (AvgIpc) is 2.39. The number of rotatable bonds is 5. The average molecular weight is 376 g/mol. The number of carbonyl (C=O) groups is 1. The van der Waals surface area contributed by atoms with E-state index in [1.807, 2.05) is 0 Å². The molecule has 23 heavy (non-hydrogen) atoms. The molecule has 1 atom stereocenters. The van der Waals surface area contributed by atoms with Crippen LogP contribution in [0.5, 0.6) is 0 Å². The van der Waals surface area contributed by atoms with Gasteiger partial charge in [-0.05, 0) is 37.5 Å². The number of carbonyl (C=O) groups excluding carboxylic acids is 1. The maximum atomic E-state index is 12.9. The fourth-order valence-electron chi connectivity index (χ4n) is 1.80. The standard InChI is InChI=1S/C14H17ClF3NO3.ClH/c1-3-22-11(20)5-4-8-6-9(7-10(15)12(8)19)13(2,21)14(16,17)18;/h6-7,21H,3-5,19H2,1-2H3;1H/t13-;/m0./s1. The van der Waals surface area contributed by atoms with E-state index in [-0.39, 0.29) is 48.1 Å². The first-order valence-electron chi connectivity index (χ1n) is 6.53. The number of halogens is 5. The van der Waals surface area contributed by atoms with E-state index >= 15 is 0 Å². The maximum absolute atomic E-state index is 12.9. The molecule has 3 N–H and O–H groups in total. The van der Waals surface area contributed by atoms with Crippen molar-refractivity contribution in [1.82, 2.24) is 0 Å². The van der Waals surface area contributed by atoms with Gasteiger partial charge in [0.1, 0.15) is 0 Å². The molecule has 0 heterocycles. The predicted octanol–water partition coefficient (Wildman–Crippen LogP) is 3.61. The van der Waals surface area contributed by atoms with Crippen LogP contribution in [0.1, 0.15) is 31.4 Å². The van der Waals surface area contributed by atoms with Crippen LogP contribution in [0.3, 0.4) is 0 Å². The van der Waals surface area contributed by atoms with Crippen LogP contribution in [0.15, 0.2) is 12.1 Å². The fraction of sp³-hybridized carbons (Fsp3) is 0.500. The summed E-state index contributed by atoms with van der Waals surface area (Å²) < 4.78 is 43.4. The van der Waals surface area contributed by atoms with Gasteiger partial charge in [-0.15, -0.1) is 12.4 Å². The van der Waals surface area contributed by atoms with Crippen LogP contribution in [0.4, 0.5) is 18.9 Å². The Morgan fingerprint density at radius 1 is 1.39 bits per heavy atom. The number of nitrogens with two attached hydrogens (primary N) is 1. The number of hydrogen-bond donors (Lipinski definition) is 2. The first-order valence-corrected chi connectivity index (χ1v) is 6.91. The number of hydrogen-bond acceptors (Lipinski definition) is 4. The van der Waals surface area contributed by atoms with Gasteiger partial charge in [0.25, 0.3) is 0 Å². The van der Waals surface area contributed by atoms with E-state index in [1.165, 1.54) is 0 Å². The number of anilines is 1. The molecule has 0 aliphatic heterocycles. The monoisotopic (exact) mass is 375 g/mol. The van der Waals surface area contributed by atoms with Gasteiger partial charge in [0.2, 0.25) is 0 Å². The largest absolute Gasteiger partial charge is 0.466 e. The number of alkyl halides is 3. The molecule has 0 radical (unpaired) electrons. The van der Waals surface area contributed by atoms with Gasteiger partial charge in [-0.3, -0.25) is 4.79 Å². The molecule has 4 nitrogen and oxygen atoms in total. The topological polar surface area (TPSA) is 72.5 Å². The van der Waals surface area contributed by atoms with Crippen molar-refractivity contribution in [3.63, 3.8) is 0 Å². The van der Waals surface area contributed by atoms with Gasteiger partial charge >= 0.3 is 12.1 Å². The van der Waals surface area contributed by atoms with Crippen LogP contribution in [0.2, 0.25) is 5.02 Å². The van der Waals surface area contributed by atoms with Crippen LogP contribution in [-0.2, 0) is 21.6 Å². The van der Waals surface area contributed by atoms with E-state index in [1.54, 1.807) is 6.92 Å². The highest BCUT2D eigenvalue weighted by Crippen LogP contribution is 2.41. The lowest BCUT2D eigenvalue weighted by Crippen LogP contribution is -2.39. The van der Waals surface area contributed by atoms with E-state index < -0.39 is 23.3 Å². The molecule has 1 aromatic rings. The third-order valence-corrected chi connectivity index (χ3v) is 3.55. The normalized spacial score (nSPS) is 13.9. The maximum Gasteiger partial charge on any atom is 0.421 e. The molecule has 0 amide bonds. The Kier molecular flexibility index (Phi) is 7.66. The Hall–Kier alpha value is -1.18. The van der Waals surface area contributed by atoms with Gasteiger partial charge in [0, 0.05) is 6.42 Å². The highest BCUT2D eigenvalue weighted by Gasteiger charge is 2.51. The van der Waals surface area contributed by atoms with Crippen molar-refractivity contribution >= 4 is 35.7 Å². The summed E-state index contributed by atoms with van der Waals surface area (Å²) in [5.41, 5.74) is 2.54. The number of aliphatic hydroxyl groups is 1. The Morgan fingerprint density at radius 3 is 2.43 bits per heavy atom. The van der Waals surface area contributed by atoms with Gasteiger partial charge in [-0.1, -0.05) is 17.7 Å². The molecule has 0 aliphatic carbocycles. The summed E-state index contributed by atoms with van der Waals surface area (Å²) in [6, 6.07) is 2.08. The van der Waals surface area contributed by atoms with Crippen molar-refractivity contribution < 1.29 is 27.8 Å². The first kappa shape index (κ1) is 21.8. The Labute approximate surface area is 143 Å². The van der Waals surface area contributed by atoms with Crippen molar-refractivity contribution in [3.8, 4) is 0 Å². The lowest BCUT2D eigenvalue weighted by Gasteiger charge is -2.27. The second-order valence-corrected chi connectivity index (χ2v) is 5.31.